The Balaban J connectivity index is 1.56. The maximum Gasteiger partial charge on any atom is 0.186 e. The van der Waals surface area contributed by atoms with E-state index in [1.165, 1.54) is 48.6 Å². The van der Waals surface area contributed by atoms with Crippen LogP contribution < -0.4 is 4.90 Å². The molecule has 1 atom stereocenters. The van der Waals surface area contributed by atoms with E-state index >= 15 is 0 Å². The van der Waals surface area contributed by atoms with Gasteiger partial charge < -0.3 is 4.90 Å². The number of hydrogen-bond donors (Lipinski definition) is 0. The first-order valence-electron chi connectivity index (χ1n) is 7.85. The Labute approximate surface area is 138 Å². The Hall–Kier alpha value is -0.650. The van der Waals surface area contributed by atoms with Crippen molar-refractivity contribution in [3.8, 4) is 0 Å². The predicted octanol–water partition coefficient (Wildman–Crippen LogP) is 4.12. The minimum Gasteiger partial charge on any atom is -0.346 e. The summed E-state index contributed by atoms with van der Waals surface area (Å²) >= 11 is 5.38. The van der Waals surface area contributed by atoms with Gasteiger partial charge in [-0.05, 0) is 57.0 Å². The second-order valence-corrected chi connectivity index (χ2v) is 8.02. The van der Waals surface area contributed by atoms with Crippen LogP contribution in [0.2, 0.25) is 0 Å². The van der Waals surface area contributed by atoms with E-state index in [1.807, 2.05) is 11.3 Å². The summed E-state index contributed by atoms with van der Waals surface area (Å²) in [6, 6.07) is 7.11. The fourth-order valence-electron chi connectivity index (χ4n) is 3.55. The van der Waals surface area contributed by atoms with Gasteiger partial charge in [-0.15, -0.1) is 0 Å². The van der Waals surface area contributed by atoms with Crippen molar-refractivity contribution in [2.75, 3.05) is 31.1 Å². The zero-order valence-electron chi connectivity index (χ0n) is 12.1. The Bertz CT molecular complexity index is 635. The molecule has 0 N–H and O–H groups in total. The van der Waals surface area contributed by atoms with Crippen molar-refractivity contribution in [2.24, 2.45) is 0 Å². The van der Waals surface area contributed by atoms with Gasteiger partial charge >= 0.3 is 0 Å². The number of thiazole rings is 1. The highest BCUT2D eigenvalue weighted by atomic mass is 79.9. The average Bonchev–Trinajstić information content (AvgIpc) is 3.16. The zero-order chi connectivity index (χ0) is 14.2. The van der Waals surface area contributed by atoms with Gasteiger partial charge in [0.15, 0.2) is 5.13 Å². The number of benzene rings is 1. The van der Waals surface area contributed by atoms with Crippen molar-refractivity contribution in [1.29, 1.82) is 0 Å². The van der Waals surface area contributed by atoms with E-state index in [0.717, 1.165) is 29.1 Å². The molecule has 0 bridgehead atoms. The molecule has 1 unspecified atom stereocenters. The third-order valence-corrected chi connectivity index (χ3v) is 6.24. The van der Waals surface area contributed by atoms with Gasteiger partial charge in [-0.25, -0.2) is 4.98 Å². The van der Waals surface area contributed by atoms with Crippen LogP contribution in [0.3, 0.4) is 0 Å². The molecule has 0 spiro atoms. The maximum absolute atomic E-state index is 4.84. The molecule has 4 rings (SSSR count). The fraction of sp³-hybridized carbons (Fsp3) is 0.562. The first kappa shape index (κ1) is 14.0. The molecule has 1 aromatic heterocycles. The SMILES string of the molecule is Brc1ccc2nc(N3CCCC(N4CCCC4)C3)sc2c1. The molecule has 3 heterocycles. The van der Waals surface area contributed by atoms with Gasteiger partial charge in [0.25, 0.3) is 0 Å². The zero-order valence-corrected chi connectivity index (χ0v) is 14.5. The van der Waals surface area contributed by atoms with Crippen molar-refractivity contribution < 1.29 is 0 Å². The van der Waals surface area contributed by atoms with Crippen LogP contribution in [0, 0.1) is 0 Å². The minimum absolute atomic E-state index is 0.736. The first-order valence-corrected chi connectivity index (χ1v) is 9.46. The number of nitrogens with zero attached hydrogens (tertiary/aromatic N) is 3. The summed E-state index contributed by atoms with van der Waals surface area (Å²) < 4.78 is 2.42. The van der Waals surface area contributed by atoms with Crippen molar-refractivity contribution in [1.82, 2.24) is 9.88 Å². The summed E-state index contributed by atoms with van der Waals surface area (Å²) in [7, 11) is 0. The van der Waals surface area contributed by atoms with E-state index in [4.69, 9.17) is 4.98 Å². The van der Waals surface area contributed by atoms with Crippen molar-refractivity contribution in [3.05, 3.63) is 22.7 Å². The van der Waals surface area contributed by atoms with Crippen molar-refractivity contribution >= 4 is 42.6 Å². The van der Waals surface area contributed by atoms with Gasteiger partial charge in [-0.3, -0.25) is 4.90 Å². The number of aromatic nitrogens is 1. The number of anilines is 1. The van der Waals surface area contributed by atoms with Gasteiger partial charge in [-0.2, -0.15) is 0 Å². The van der Waals surface area contributed by atoms with Crippen LogP contribution >= 0.6 is 27.3 Å². The van der Waals surface area contributed by atoms with Crippen LogP contribution in [-0.4, -0.2) is 42.1 Å². The highest BCUT2D eigenvalue weighted by Gasteiger charge is 2.28. The smallest absolute Gasteiger partial charge is 0.186 e. The average molecular weight is 366 g/mol. The lowest BCUT2D eigenvalue weighted by atomic mass is 10.1. The number of likely N-dealkylation sites (tertiary alicyclic amines) is 1. The lowest BCUT2D eigenvalue weighted by molar-refractivity contribution is 0.215. The van der Waals surface area contributed by atoms with E-state index in [0.29, 0.717) is 0 Å². The molecule has 0 saturated carbocycles. The maximum atomic E-state index is 4.84. The van der Waals surface area contributed by atoms with E-state index in [-0.39, 0.29) is 0 Å². The molecule has 2 aromatic rings. The molecule has 2 saturated heterocycles. The number of halogens is 1. The quantitative estimate of drug-likeness (QED) is 0.797. The molecule has 2 aliphatic rings. The van der Waals surface area contributed by atoms with Crippen LogP contribution in [0.25, 0.3) is 10.2 Å². The molecule has 0 amide bonds. The number of rotatable bonds is 2. The number of piperidine rings is 1. The normalized spacial score (nSPS) is 24.0. The second-order valence-electron chi connectivity index (χ2n) is 6.09. The molecule has 2 aliphatic heterocycles. The highest BCUT2D eigenvalue weighted by molar-refractivity contribution is 9.10. The van der Waals surface area contributed by atoms with Crippen LogP contribution in [0.5, 0.6) is 0 Å². The van der Waals surface area contributed by atoms with Gasteiger partial charge in [0.2, 0.25) is 0 Å². The number of hydrogen-bond acceptors (Lipinski definition) is 4. The molecule has 112 valence electrons. The van der Waals surface area contributed by atoms with Crippen molar-refractivity contribution in [2.45, 2.75) is 31.7 Å². The Kier molecular flexibility index (Phi) is 3.90. The third-order valence-electron chi connectivity index (χ3n) is 4.66. The first-order chi connectivity index (χ1) is 10.3. The standard InChI is InChI=1S/C16H20BrN3S/c17-12-5-6-14-15(10-12)21-16(18-14)20-9-3-4-13(11-20)19-7-1-2-8-19/h5-6,10,13H,1-4,7-9,11H2. The monoisotopic (exact) mass is 365 g/mol. The summed E-state index contributed by atoms with van der Waals surface area (Å²) in [6.45, 7) is 4.91. The lowest BCUT2D eigenvalue weighted by Gasteiger charge is -2.37. The molecule has 21 heavy (non-hydrogen) atoms. The topological polar surface area (TPSA) is 19.4 Å². The van der Waals surface area contributed by atoms with Gasteiger partial charge in [-0.1, -0.05) is 27.3 Å². The summed E-state index contributed by atoms with van der Waals surface area (Å²) in [5.41, 5.74) is 1.13. The van der Waals surface area contributed by atoms with Gasteiger partial charge in [0.05, 0.1) is 10.2 Å². The van der Waals surface area contributed by atoms with Crippen LogP contribution in [0.1, 0.15) is 25.7 Å². The van der Waals surface area contributed by atoms with Crippen LogP contribution in [0.15, 0.2) is 22.7 Å². The number of fused-ring (bicyclic) bond motifs is 1. The predicted molar refractivity (Wildman–Crippen MR) is 93.4 cm³/mol. The summed E-state index contributed by atoms with van der Waals surface area (Å²) in [5.74, 6) is 0. The lowest BCUT2D eigenvalue weighted by Crippen LogP contribution is -2.47. The summed E-state index contributed by atoms with van der Waals surface area (Å²) in [6.07, 6.45) is 5.41. The van der Waals surface area contributed by atoms with E-state index < -0.39 is 0 Å². The van der Waals surface area contributed by atoms with E-state index in [9.17, 15) is 0 Å². The van der Waals surface area contributed by atoms with Crippen LogP contribution in [0.4, 0.5) is 5.13 Å². The summed E-state index contributed by atoms with van der Waals surface area (Å²) in [5, 5.41) is 1.20. The van der Waals surface area contributed by atoms with Gasteiger partial charge in [0.1, 0.15) is 0 Å². The molecule has 0 aliphatic carbocycles. The second kappa shape index (κ2) is 5.86. The van der Waals surface area contributed by atoms with Gasteiger partial charge in [0, 0.05) is 23.6 Å². The molecule has 1 aromatic carbocycles. The molecule has 0 radical (unpaired) electrons. The third kappa shape index (κ3) is 2.83. The van der Waals surface area contributed by atoms with E-state index in [2.05, 4.69) is 43.9 Å². The molecule has 3 nitrogen and oxygen atoms in total. The van der Waals surface area contributed by atoms with Crippen molar-refractivity contribution in [3.63, 3.8) is 0 Å². The highest BCUT2D eigenvalue weighted by Crippen LogP contribution is 2.33. The molecule has 5 heteroatoms. The molecular weight excluding hydrogens is 346 g/mol. The van der Waals surface area contributed by atoms with Crippen LogP contribution in [-0.2, 0) is 0 Å². The Morgan fingerprint density at radius 3 is 2.86 bits per heavy atom. The largest absolute Gasteiger partial charge is 0.346 e. The van der Waals surface area contributed by atoms with E-state index in [1.54, 1.807) is 0 Å². The Morgan fingerprint density at radius 2 is 2.00 bits per heavy atom. The summed E-state index contributed by atoms with van der Waals surface area (Å²) in [4.78, 5) is 10.0. The minimum atomic E-state index is 0.736. The molecule has 2 fully saturated rings. The Morgan fingerprint density at radius 1 is 1.14 bits per heavy atom. The fourth-order valence-corrected chi connectivity index (χ4v) is 5.11. The molecular formula is C16H20BrN3S.